The van der Waals surface area contributed by atoms with E-state index in [4.69, 9.17) is 10.5 Å². The molecule has 1 aliphatic rings. The van der Waals surface area contributed by atoms with Crippen LogP contribution in [0.5, 0.6) is 5.75 Å². The van der Waals surface area contributed by atoms with Crippen LogP contribution < -0.4 is 10.5 Å². The van der Waals surface area contributed by atoms with Gasteiger partial charge in [-0.15, -0.1) is 12.4 Å². The predicted molar refractivity (Wildman–Crippen MR) is 93.2 cm³/mol. The molecule has 0 aliphatic carbocycles. The first kappa shape index (κ1) is 19.1. The van der Waals surface area contributed by atoms with E-state index in [1.807, 2.05) is 30.3 Å². The van der Waals surface area contributed by atoms with Crippen LogP contribution in [-0.2, 0) is 0 Å². The van der Waals surface area contributed by atoms with Gasteiger partial charge in [0, 0.05) is 25.0 Å². The highest BCUT2D eigenvalue weighted by Gasteiger charge is 2.36. The normalized spacial score (nSPS) is 19.4. The zero-order valence-electron chi connectivity index (χ0n) is 13.6. The molecule has 1 amide bonds. The second kappa shape index (κ2) is 7.80. The Kier molecular flexibility index (Phi) is 5.98. The monoisotopic (exact) mass is 368 g/mol. The van der Waals surface area contributed by atoms with E-state index in [1.54, 1.807) is 0 Å². The Balaban J connectivity index is 0.00000225. The molecular weight excluding hydrogens is 350 g/mol. The second-order valence-electron chi connectivity index (χ2n) is 5.83. The molecule has 1 saturated heterocycles. The van der Waals surface area contributed by atoms with E-state index in [2.05, 4.69) is 0 Å². The van der Waals surface area contributed by atoms with Crippen molar-refractivity contribution in [3.05, 3.63) is 65.2 Å². The first-order valence-corrected chi connectivity index (χ1v) is 7.64. The number of methoxy groups -OCH3 is 1. The molecular formula is C18H19ClF2N2O2. The number of likely N-dealkylation sites (tertiary alicyclic amines) is 1. The number of halogens is 3. The summed E-state index contributed by atoms with van der Waals surface area (Å²) in [4.78, 5) is 14.2. The molecule has 2 aromatic rings. The molecule has 0 bridgehead atoms. The molecule has 4 nitrogen and oxygen atoms in total. The number of ether oxygens (including phenoxy) is 1. The fourth-order valence-electron chi connectivity index (χ4n) is 3.14. The summed E-state index contributed by atoms with van der Waals surface area (Å²) in [5.41, 5.74) is 6.79. The summed E-state index contributed by atoms with van der Waals surface area (Å²) < 4.78 is 32.8. The number of hydrogen-bond acceptors (Lipinski definition) is 3. The van der Waals surface area contributed by atoms with Crippen molar-refractivity contribution in [2.24, 2.45) is 5.73 Å². The third kappa shape index (κ3) is 3.60. The fraction of sp³-hybridized carbons (Fsp3) is 0.278. The van der Waals surface area contributed by atoms with Crippen molar-refractivity contribution in [3.63, 3.8) is 0 Å². The molecule has 2 N–H and O–H groups in total. The highest BCUT2D eigenvalue weighted by atomic mass is 35.5. The fourth-order valence-corrected chi connectivity index (χ4v) is 3.14. The minimum Gasteiger partial charge on any atom is -0.493 e. The number of nitrogens with two attached hydrogens (primary N) is 1. The van der Waals surface area contributed by atoms with E-state index >= 15 is 0 Å². The zero-order chi connectivity index (χ0) is 17.3. The van der Waals surface area contributed by atoms with E-state index in [-0.39, 0.29) is 36.7 Å². The lowest BCUT2D eigenvalue weighted by Crippen LogP contribution is -2.33. The minimum atomic E-state index is -0.810. The summed E-state index contributed by atoms with van der Waals surface area (Å²) >= 11 is 0. The molecule has 1 aliphatic heterocycles. The smallest absolute Gasteiger partial charge is 0.260 e. The number of amides is 1. The van der Waals surface area contributed by atoms with Crippen LogP contribution in [0.1, 0.15) is 21.8 Å². The Bertz CT molecular complexity index is 758. The van der Waals surface area contributed by atoms with Crippen LogP contribution in [0.4, 0.5) is 8.78 Å². The Labute approximate surface area is 151 Å². The maximum atomic E-state index is 14.1. The molecule has 1 heterocycles. The summed E-state index contributed by atoms with van der Waals surface area (Å²) in [6.45, 7) is 0.626. The summed E-state index contributed by atoms with van der Waals surface area (Å²) in [5, 5.41) is 0. The number of rotatable bonds is 3. The van der Waals surface area contributed by atoms with Gasteiger partial charge in [0.05, 0.1) is 7.11 Å². The highest BCUT2D eigenvalue weighted by molar-refractivity contribution is 5.97. The third-order valence-electron chi connectivity index (χ3n) is 4.36. The molecule has 7 heteroatoms. The van der Waals surface area contributed by atoms with Crippen molar-refractivity contribution in [2.75, 3.05) is 20.2 Å². The maximum Gasteiger partial charge on any atom is 0.260 e. The lowest BCUT2D eigenvalue weighted by atomic mass is 9.95. The van der Waals surface area contributed by atoms with E-state index in [1.165, 1.54) is 12.0 Å². The van der Waals surface area contributed by atoms with Gasteiger partial charge in [-0.3, -0.25) is 4.79 Å². The quantitative estimate of drug-likeness (QED) is 0.906. The number of benzene rings is 2. The maximum absolute atomic E-state index is 14.1. The van der Waals surface area contributed by atoms with Crippen molar-refractivity contribution in [3.8, 4) is 5.75 Å². The minimum absolute atomic E-state index is 0. The summed E-state index contributed by atoms with van der Waals surface area (Å²) in [6, 6.07) is 11.2. The van der Waals surface area contributed by atoms with Crippen LogP contribution >= 0.6 is 12.4 Å². The topological polar surface area (TPSA) is 55.6 Å². The van der Waals surface area contributed by atoms with E-state index in [0.717, 1.165) is 17.7 Å². The largest absolute Gasteiger partial charge is 0.493 e. The molecule has 0 saturated carbocycles. The molecule has 25 heavy (non-hydrogen) atoms. The summed E-state index contributed by atoms with van der Waals surface area (Å²) in [6.07, 6.45) is 0. The van der Waals surface area contributed by atoms with E-state index in [9.17, 15) is 13.6 Å². The van der Waals surface area contributed by atoms with Crippen LogP contribution in [-0.4, -0.2) is 37.0 Å². The third-order valence-corrected chi connectivity index (χ3v) is 4.36. The van der Waals surface area contributed by atoms with Crippen LogP contribution in [0.15, 0.2) is 42.5 Å². The molecule has 0 radical (unpaired) electrons. The van der Waals surface area contributed by atoms with Gasteiger partial charge in [-0.25, -0.2) is 8.78 Å². The molecule has 2 atom stereocenters. The Morgan fingerprint density at radius 3 is 2.40 bits per heavy atom. The SMILES string of the molecule is COc1c(F)ccc(F)c1C(=O)N1C[C@@H](N)[C@H](c2ccccc2)C1.Cl. The number of hydrogen-bond donors (Lipinski definition) is 1. The van der Waals surface area contributed by atoms with Gasteiger partial charge in [0.15, 0.2) is 11.6 Å². The van der Waals surface area contributed by atoms with Gasteiger partial charge in [0.2, 0.25) is 0 Å². The predicted octanol–water partition coefficient (Wildman–Crippen LogP) is 2.96. The van der Waals surface area contributed by atoms with Crippen LogP contribution in [0.2, 0.25) is 0 Å². The Morgan fingerprint density at radius 1 is 1.12 bits per heavy atom. The number of carbonyl (C=O) groups is 1. The van der Waals surface area contributed by atoms with Crippen LogP contribution in [0, 0.1) is 11.6 Å². The lowest BCUT2D eigenvalue weighted by molar-refractivity contribution is 0.0779. The summed E-state index contributed by atoms with van der Waals surface area (Å²) in [7, 11) is 1.21. The molecule has 134 valence electrons. The average Bonchev–Trinajstić information content (AvgIpc) is 2.98. The van der Waals surface area contributed by atoms with Crippen LogP contribution in [0.25, 0.3) is 0 Å². The molecule has 0 aromatic heterocycles. The molecule has 3 rings (SSSR count). The van der Waals surface area contributed by atoms with Gasteiger partial charge in [-0.1, -0.05) is 30.3 Å². The van der Waals surface area contributed by atoms with Crippen molar-refractivity contribution < 1.29 is 18.3 Å². The molecule has 0 spiro atoms. The van der Waals surface area contributed by atoms with Crippen molar-refractivity contribution >= 4 is 18.3 Å². The summed E-state index contributed by atoms with van der Waals surface area (Å²) in [5.74, 6) is -2.62. The van der Waals surface area contributed by atoms with Gasteiger partial charge >= 0.3 is 0 Å². The van der Waals surface area contributed by atoms with Crippen LogP contribution in [0.3, 0.4) is 0 Å². The molecule has 2 aromatic carbocycles. The Hall–Kier alpha value is -2.18. The molecule has 0 unspecified atom stereocenters. The Morgan fingerprint density at radius 2 is 1.76 bits per heavy atom. The molecule has 1 fully saturated rings. The first-order chi connectivity index (χ1) is 11.5. The van der Waals surface area contributed by atoms with Crippen molar-refractivity contribution in [2.45, 2.75) is 12.0 Å². The van der Waals surface area contributed by atoms with Crippen molar-refractivity contribution in [1.29, 1.82) is 0 Å². The standard InChI is InChI=1S/C18H18F2N2O2.ClH/c1-24-17-14(20)8-7-13(19)16(17)18(23)22-9-12(15(21)10-22)11-5-3-2-4-6-11;/h2-8,12,15H,9-10,21H2,1H3;1H/t12-,15+;/m0./s1. The van der Waals surface area contributed by atoms with E-state index in [0.29, 0.717) is 6.54 Å². The number of nitrogens with zero attached hydrogens (tertiary/aromatic N) is 1. The first-order valence-electron chi connectivity index (χ1n) is 7.64. The second-order valence-corrected chi connectivity index (χ2v) is 5.83. The highest BCUT2D eigenvalue weighted by Crippen LogP contribution is 2.31. The lowest BCUT2D eigenvalue weighted by Gasteiger charge is -2.18. The van der Waals surface area contributed by atoms with Gasteiger partial charge in [-0.05, 0) is 17.7 Å². The van der Waals surface area contributed by atoms with Gasteiger partial charge in [0.1, 0.15) is 11.4 Å². The van der Waals surface area contributed by atoms with Gasteiger partial charge < -0.3 is 15.4 Å². The average molecular weight is 369 g/mol. The zero-order valence-corrected chi connectivity index (χ0v) is 14.4. The number of carbonyl (C=O) groups excluding carboxylic acids is 1. The van der Waals surface area contributed by atoms with Gasteiger partial charge in [0.25, 0.3) is 5.91 Å². The van der Waals surface area contributed by atoms with E-state index < -0.39 is 23.1 Å². The van der Waals surface area contributed by atoms with Gasteiger partial charge in [-0.2, -0.15) is 0 Å². The van der Waals surface area contributed by atoms with Crippen molar-refractivity contribution in [1.82, 2.24) is 4.90 Å².